The molecule has 1 amide bonds. The Morgan fingerprint density at radius 1 is 1.32 bits per heavy atom. The van der Waals surface area contributed by atoms with Gasteiger partial charge >= 0.3 is 6.09 Å². The van der Waals surface area contributed by atoms with Gasteiger partial charge in [-0.3, -0.25) is 0 Å². The molecule has 0 aliphatic rings. The van der Waals surface area contributed by atoms with E-state index in [0.29, 0.717) is 5.75 Å². The second-order valence-electron chi connectivity index (χ2n) is 5.79. The number of ether oxygens (including phenoxy) is 1. The van der Waals surface area contributed by atoms with E-state index in [9.17, 15) is 4.79 Å². The smallest absolute Gasteiger partial charge is 0.410 e. The number of hydrogen-bond donors (Lipinski definition) is 0. The Balaban J connectivity index is 3.05. The number of rotatable bonds is 4. The van der Waals surface area contributed by atoms with Crippen LogP contribution in [0.15, 0.2) is 18.2 Å². The summed E-state index contributed by atoms with van der Waals surface area (Å²) in [5.41, 5.74) is 2.22. The highest BCUT2D eigenvalue weighted by atomic mass is 79.9. The van der Waals surface area contributed by atoms with Gasteiger partial charge in [0.2, 0.25) is 0 Å². The Kier molecular flexibility index (Phi) is 5.38. The molecule has 0 aliphatic carbocycles. The van der Waals surface area contributed by atoms with Crippen molar-refractivity contribution in [2.75, 3.05) is 35.2 Å². The average Bonchev–Trinajstić information content (AvgIpc) is 2.29. The van der Waals surface area contributed by atoms with Crippen molar-refractivity contribution in [1.82, 2.24) is 4.90 Å². The van der Waals surface area contributed by atoms with Crippen LogP contribution in [0, 0.1) is 0 Å². The fourth-order valence-corrected chi connectivity index (χ4v) is 1.98. The summed E-state index contributed by atoms with van der Waals surface area (Å²) in [7, 11) is 9.68. The summed E-state index contributed by atoms with van der Waals surface area (Å²) in [5, 5.41) is 0.791. The second kappa shape index (κ2) is 6.39. The molecule has 0 saturated heterocycles. The van der Waals surface area contributed by atoms with Gasteiger partial charge in [-0.15, -0.1) is 0 Å². The molecular weight excluding hydrogens is 308 g/mol. The molecular formula is C14H22BrN2O2+. The zero-order valence-corrected chi connectivity index (χ0v) is 13.8. The number of hydrogen-bond acceptors (Lipinski definition) is 2. The summed E-state index contributed by atoms with van der Waals surface area (Å²) in [6.45, 7) is 0.802. The van der Waals surface area contributed by atoms with Crippen LogP contribution in [0.2, 0.25) is 0 Å². The van der Waals surface area contributed by atoms with Crippen LogP contribution in [0.25, 0.3) is 0 Å². The molecule has 0 saturated carbocycles. The molecule has 0 aromatic heterocycles. The van der Waals surface area contributed by atoms with E-state index in [0.717, 1.165) is 21.9 Å². The molecule has 0 N–H and O–H groups in total. The van der Waals surface area contributed by atoms with E-state index in [4.69, 9.17) is 4.74 Å². The minimum absolute atomic E-state index is 0.353. The summed E-state index contributed by atoms with van der Waals surface area (Å²) in [4.78, 5) is 13.1. The number of carbonyl (C=O) groups is 1. The second-order valence-corrected chi connectivity index (χ2v) is 6.35. The van der Waals surface area contributed by atoms with E-state index in [1.165, 1.54) is 10.5 Å². The SMILES string of the molecule is CN(C)C(=O)Oc1ccc(CBr)cc1C[N+](C)(C)C. The van der Waals surface area contributed by atoms with E-state index in [1.54, 1.807) is 14.1 Å². The molecule has 106 valence electrons. The maximum Gasteiger partial charge on any atom is 0.414 e. The maximum atomic E-state index is 11.7. The number of halogens is 1. The van der Waals surface area contributed by atoms with Gasteiger partial charge in [-0.05, 0) is 17.7 Å². The monoisotopic (exact) mass is 329 g/mol. The molecule has 0 unspecified atom stereocenters. The molecule has 1 aromatic rings. The van der Waals surface area contributed by atoms with Crippen molar-refractivity contribution >= 4 is 22.0 Å². The molecule has 0 fully saturated rings. The topological polar surface area (TPSA) is 29.5 Å². The lowest BCUT2D eigenvalue weighted by Crippen LogP contribution is -2.34. The van der Waals surface area contributed by atoms with Crippen LogP contribution in [-0.4, -0.2) is 50.7 Å². The van der Waals surface area contributed by atoms with Crippen molar-refractivity contribution in [2.45, 2.75) is 11.9 Å². The van der Waals surface area contributed by atoms with Crippen LogP contribution in [-0.2, 0) is 11.9 Å². The van der Waals surface area contributed by atoms with Crippen LogP contribution >= 0.6 is 15.9 Å². The van der Waals surface area contributed by atoms with Crippen molar-refractivity contribution in [3.8, 4) is 5.75 Å². The number of carbonyl (C=O) groups excluding carboxylic acids is 1. The molecule has 0 heterocycles. The number of quaternary nitrogens is 1. The van der Waals surface area contributed by atoms with Gasteiger partial charge in [0.05, 0.1) is 21.1 Å². The highest BCUT2D eigenvalue weighted by Crippen LogP contribution is 2.24. The third kappa shape index (κ3) is 5.20. The average molecular weight is 330 g/mol. The zero-order valence-electron chi connectivity index (χ0n) is 12.2. The molecule has 0 bridgehead atoms. The Morgan fingerprint density at radius 3 is 2.42 bits per heavy atom. The predicted octanol–water partition coefficient (Wildman–Crippen LogP) is 2.85. The molecule has 0 atom stereocenters. The zero-order chi connectivity index (χ0) is 14.6. The standard InChI is InChI=1S/C14H22BrN2O2/c1-16(2)14(18)19-13-7-6-11(9-15)8-12(13)10-17(3,4)5/h6-8H,9-10H2,1-5H3/q+1. The van der Waals surface area contributed by atoms with Crippen molar-refractivity contribution < 1.29 is 14.0 Å². The fraction of sp³-hybridized carbons (Fsp3) is 0.500. The molecule has 0 aliphatic heterocycles. The van der Waals surface area contributed by atoms with Gasteiger partial charge in [0.15, 0.2) is 0 Å². The number of benzene rings is 1. The maximum absolute atomic E-state index is 11.7. The number of amides is 1. The first kappa shape index (κ1) is 16.0. The summed E-state index contributed by atoms with van der Waals surface area (Å²) in [6.07, 6.45) is -0.353. The Bertz CT molecular complexity index is 453. The van der Waals surface area contributed by atoms with Crippen molar-refractivity contribution in [3.05, 3.63) is 29.3 Å². The molecule has 19 heavy (non-hydrogen) atoms. The largest absolute Gasteiger partial charge is 0.414 e. The molecule has 1 rings (SSSR count). The van der Waals surface area contributed by atoms with Gasteiger partial charge in [0, 0.05) is 25.0 Å². The van der Waals surface area contributed by atoms with E-state index >= 15 is 0 Å². The third-order valence-corrected chi connectivity index (χ3v) is 3.13. The highest BCUT2D eigenvalue weighted by Gasteiger charge is 2.17. The Labute approximate surface area is 123 Å². The normalized spacial score (nSPS) is 11.3. The molecule has 1 aromatic carbocycles. The van der Waals surface area contributed by atoms with Gasteiger partial charge in [0.25, 0.3) is 0 Å². The van der Waals surface area contributed by atoms with Crippen LogP contribution in [0.4, 0.5) is 4.79 Å². The lowest BCUT2D eigenvalue weighted by atomic mass is 10.1. The van der Waals surface area contributed by atoms with Crippen molar-refractivity contribution in [2.24, 2.45) is 0 Å². The van der Waals surface area contributed by atoms with Crippen LogP contribution in [0.5, 0.6) is 5.75 Å². The Hall–Kier alpha value is -1.07. The van der Waals surface area contributed by atoms with Crippen LogP contribution < -0.4 is 4.74 Å². The highest BCUT2D eigenvalue weighted by molar-refractivity contribution is 9.08. The lowest BCUT2D eigenvalue weighted by Gasteiger charge is -2.25. The molecule has 4 nitrogen and oxygen atoms in total. The first-order valence-corrected chi connectivity index (χ1v) is 7.22. The van der Waals surface area contributed by atoms with E-state index in [2.05, 4.69) is 43.1 Å². The minimum atomic E-state index is -0.353. The quantitative estimate of drug-likeness (QED) is 0.628. The van der Waals surface area contributed by atoms with E-state index in [-0.39, 0.29) is 6.09 Å². The number of nitrogens with zero attached hydrogens (tertiary/aromatic N) is 2. The van der Waals surface area contributed by atoms with Crippen LogP contribution in [0.1, 0.15) is 11.1 Å². The summed E-state index contributed by atoms with van der Waals surface area (Å²) < 4.78 is 6.19. The molecule has 5 heteroatoms. The van der Waals surface area contributed by atoms with Gasteiger partial charge in [-0.2, -0.15) is 0 Å². The van der Waals surface area contributed by atoms with Gasteiger partial charge < -0.3 is 14.1 Å². The van der Waals surface area contributed by atoms with Crippen molar-refractivity contribution in [3.63, 3.8) is 0 Å². The van der Waals surface area contributed by atoms with Gasteiger partial charge in [-0.25, -0.2) is 4.79 Å². The summed E-state index contributed by atoms with van der Waals surface area (Å²) in [6, 6.07) is 5.91. The minimum Gasteiger partial charge on any atom is -0.410 e. The first-order valence-electron chi connectivity index (χ1n) is 6.10. The summed E-state index contributed by atoms with van der Waals surface area (Å²) >= 11 is 3.45. The van der Waals surface area contributed by atoms with E-state index in [1.807, 2.05) is 12.1 Å². The van der Waals surface area contributed by atoms with E-state index < -0.39 is 0 Å². The molecule has 0 spiro atoms. The fourth-order valence-electron chi connectivity index (χ4n) is 1.64. The van der Waals surface area contributed by atoms with Crippen molar-refractivity contribution in [1.29, 1.82) is 0 Å². The third-order valence-electron chi connectivity index (χ3n) is 2.49. The van der Waals surface area contributed by atoms with Crippen LogP contribution in [0.3, 0.4) is 0 Å². The first-order chi connectivity index (χ1) is 8.73. The van der Waals surface area contributed by atoms with Gasteiger partial charge in [-0.1, -0.05) is 22.0 Å². The Morgan fingerprint density at radius 2 is 1.95 bits per heavy atom. The summed E-state index contributed by atoms with van der Waals surface area (Å²) in [5.74, 6) is 0.636. The molecule has 0 radical (unpaired) electrons. The van der Waals surface area contributed by atoms with Gasteiger partial charge in [0.1, 0.15) is 12.3 Å². The predicted molar refractivity (Wildman–Crippen MR) is 80.5 cm³/mol. The lowest BCUT2D eigenvalue weighted by molar-refractivity contribution is -0.884. The number of alkyl halides is 1.